The summed E-state index contributed by atoms with van der Waals surface area (Å²) in [4.78, 5) is 0. The lowest BCUT2D eigenvalue weighted by Crippen LogP contribution is -2.25. The molecule has 10 aromatic rings. The summed E-state index contributed by atoms with van der Waals surface area (Å²) in [7, 11) is 0. The van der Waals surface area contributed by atoms with Crippen molar-refractivity contribution in [2.24, 2.45) is 11.5 Å². The van der Waals surface area contributed by atoms with Gasteiger partial charge in [0, 0.05) is 59.0 Å². The average Bonchev–Trinajstić information content (AvgIpc) is 3.82. The molecule has 10 rings (SSSR count). The van der Waals surface area contributed by atoms with Crippen LogP contribution in [0.2, 0.25) is 0 Å². The van der Waals surface area contributed by atoms with E-state index in [1.54, 1.807) is 0 Å². The number of para-hydroxylation sites is 3. The number of thiophene rings is 1. The van der Waals surface area contributed by atoms with Crippen molar-refractivity contribution in [1.29, 1.82) is 0 Å². The van der Waals surface area contributed by atoms with Gasteiger partial charge in [0.05, 0.1) is 28.2 Å². The Morgan fingerprint density at radius 2 is 1.08 bits per heavy atom. The van der Waals surface area contributed by atoms with Crippen LogP contribution >= 0.6 is 11.3 Å². The van der Waals surface area contributed by atoms with Crippen LogP contribution in [0, 0.1) is 0 Å². The minimum Gasteiger partial charge on any atom is -0.398 e. The molecule has 0 radical (unpaired) electrons. The molecule has 0 fully saturated rings. The highest BCUT2D eigenvalue weighted by atomic mass is 32.1. The van der Waals surface area contributed by atoms with Crippen molar-refractivity contribution >= 4 is 80.8 Å². The molecule has 4 N–H and O–H groups in total. The van der Waals surface area contributed by atoms with Crippen LogP contribution in [-0.2, 0) is 0 Å². The Labute approximate surface area is 299 Å². The molecule has 5 heteroatoms. The zero-order valence-corrected chi connectivity index (χ0v) is 28.6. The highest BCUT2D eigenvalue weighted by Crippen LogP contribution is 2.44. The van der Waals surface area contributed by atoms with Gasteiger partial charge >= 0.3 is 0 Å². The molecule has 0 aliphatic carbocycles. The second kappa shape index (κ2) is 11.7. The highest BCUT2D eigenvalue weighted by molar-refractivity contribution is 7.26. The summed E-state index contributed by atoms with van der Waals surface area (Å²) in [6.45, 7) is 0. The molecule has 3 aromatic heterocycles. The maximum Gasteiger partial charge on any atom is 0.0926 e. The fourth-order valence-electron chi connectivity index (χ4n) is 8.05. The summed E-state index contributed by atoms with van der Waals surface area (Å²) in [5.41, 5.74) is 22.9. The minimum absolute atomic E-state index is 0.171. The van der Waals surface area contributed by atoms with Crippen molar-refractivity contribution in [2.45, 2.75) is 12.1 Å². The summed E-state index contributed by atoms with van der Waals surface area (Å²) in [6.07, 6.45) is 1.72. The van der Waals surface area contributed by atoms with E-state index in [4.69, 9.17) is 11.5 Å². The third-order valence-electron chi connectivity index (χ3n) is 10.4. The fourth-order valence-corrected chi connectivity index (χ4v) is 9.20. The lowest BCUT2D eigenvalue weighted by atomic mass is 9.93. The van der Waals surface area contributed by atoms with Gasteiger partial charge < -0.3 is 20.6 Å². The van der Waals surface area contributed by atoms with E-state index < -0.39 is 6.17 Å². The van der Waals surface area contributed by atoms with Crippen molar-refractivity contribution in [3.63, 3.8) is 0 Å². The third kappa shape index (κ3) is 4.70. The van der Waals surface area contributed by atoms with E-state index in [-0.39, 0.29) is 5.92 Å². The summed E-state index contributed by atoms with van der Waals surface area (Å²) >= 11 is 1.85. The van der Waals surface area contributed by atoms with E-state index in [0.29, 0.717) is 5.70 Å². The summed E-state index contributed by atoms with van der Waals surface area (Å²) < 4.78 is 7.25. The predicted octanol–water partition coefficient (Wildman–Crippen LogP) is 11.5. The van der Waals surface area contributed by atoms with E-state index >= 15 is 0 Å². The first-order valence-electron chi connectivity index (χ1n) is 17.3. The molecule has 0 spiro atoms. The van der Waals surface area contributed by atoms with Crippen LogP contribution in [0.1, 0.15) is 23.2 Å². The van der Waals surface area contributed by atoms with Crippen molar-refractivity contribution < 1.29 is 0 Å². The monoisotopic (exact) mass is 674 g/mol. The van der Waals surface area contributed by atoms with Gasteiger partial charge in [0.25, 0.3) is 0 Å². The van der Waals surface area contributed by atoms with Crippen molar-refractivity contribution in [3.8, 4) is 5.69 Å². The van der Waals surface area contributed by atoms with Gasteiger partial charge in [-0.15, -0.1) is 11.3 Å². The van der Waals surface area contributed by atoms with Crippen LogP contribution in [0.25, 0.3) is 75.2 Å². The molecule has 2 atom stereocenters. The van der Waals surface area contributed by atoms with Gasteiger partial charge in [0.15, 0.2) is 0 Å². The van der Waals surface area contributed by atoms with Crippen LogP contribution in [-0.4, -0.2) is 9.13 Å². The average molecular weight is 675 g/mol. The molecule has 0 saturated carbocycles. The Bertz CT molecular complexity index is 2930. The number of hydrogen-bond donors (Lipinski definition) is 2. The molecule has 7 aromatic carbocycles. The Hall–Kier alpha value is -6.14. The number of nitrogens with zero attached hydrogens (tertiary/aromatic N) is 2. The fraction of sp³-hybridized carbons (Fsp3) is 0.0435. The predicted molar refractivity (Wildman–Crippen MR) is 218 cm³/mol. The molecule has 4 nitrogen and oxygen atoms in total. The maximum absolute atomic E-state index is 7.44. The third-order valence-corrected chi connectivity index (χ3v) is 11.5. The van der Waals surface area contributed by atoms with Crippen LogP contribution in [0.5, 0.6) is 0 Å². The van der Waals surface area contributed by atoms with Crippen LogP contribution < -0.4 is 11.5 Å². The maximum atomic E-state index is 7.44. The van der Waals surface area contributed by atoms with Crippen molar-refractivity contribution in [1.82, 2.24) is 9.13 Å². The zero-order chi connectivity index (χ0) is 34.1. The summed E-state index contributed by atoms with van der Waals surface area (Å²) in [6, 6.07) is 58.2. The second-order valence-corrected chi connectivity index (χ2v) is 14.4. The van der Waals surface area contributed by atoms with Crippen molar-refractivity contribution in [3.05, 3.63) is 181 Å². The SMILES string of the molecule is N/C(=C\C(c1ccccc1)[C@@H](N)n1c2ccccc2c2cc3c(cc21)sc1cc2c4ccccc4n(-c4ccccc4)c2cc13)c1ccccc1. The summed E-state index contributed by atoms with van der Waals surface area (Å²) in [5, 5.41) is 7.45. The number of nitrogens with two attached hydrogens (primary N) is 2. The largest absolute Gasteiger partial charge is 0.398 e. The standard InChI is InChI=1S/C46H34N4S/c47-39(30-16-6-2-7-17-30)25-34(29-14-4-1-5-15-29)46(48)50-41-23-13-11-20-32(41)35-24-37-38-26-42-36(27-44(38)51-45(37)28-43(35)50)33-21-10-12-22-40(33)49(42)31-18-8-3-9-19-31/h1-28,34,46H,47-48H2/b39-25-/t34?,46-/m0/s1. The Morgan fingerprint density at radius 3 is 1.82 bits per heavy atom. The molecule has 0 aliphatic heterocycles. The lowest BCUT2D eigenvalue weighted by molar-refractivity contribution is 0.501. The number of rotatable bonds is 6. The van der Waals surface area contributed by atoms with Gasteiger partial charge in [-0.05, 0) is 65.7 Å². The first kappa shape index (κ1) is 29.7. The smallest absolute Gasteiger partial charge is 0.0926 e. The molecule has 0 saturated heterocycles. The summed E-state index contributed by atoms with van der Waals surface area (Å²) in [5.74, 6) is -0.171. The Kier molecular flexibility index (Phi) is 6.85. The first-order valence-corrected chi connectivity index (χ1v) is 18.2. The van der Waals surface area contributed by atoms with E-state index in [0.717, 1.165) is 27.8 Å². The molecular formula is C46H34N4S. The molecule has 3 heterocycles. The van der Waals surface area contributed by atoms with Gasteiger partial charge in [-0.3, -0.25) is 0 Å². The topological polar surface area (TPSA) is 61.9 Å². The zero-order valence-electron chi connectivity index (χ0n) is 27.8. The van der Waals surface area contributed by atoms with Gasteiger partial charge in [0.2, 0.25) is 0 Å². The second-order valence-electron chi connectivity index (χ2n) is 13.3. The van der Waals surface area contributed by atoms with Gasteiger partial charge in [0.1, 0.15) is 0 Å². The van der Waals surface area contributed by atoms with Gasteiger partial charge in [-0.2, -0.15) is 0 Å². The minimum atomic E-state index is -0.413. The van der Waals surface area contributed by atoms with E-state index in [2.05, 4.69) is 143 Å². The van der Waals surface area contributed by atoms with Crippen LogP contribution in [0.3, 0.4) is 0 Å². The molecule has 51 heavy (non-hydrogen) atoms. The quantitative estimate of drug-likeness (QED) is 0.184. The Morgan fingerprint density at radius 1 is 0.510 bits per heavy atom. The molecule has 0 bridgehead atoms. The molecule has 0 aliphatic rings. The molecule has 1 unspecified atom stereocenters. The number of hydrogen-bond acceptors (Lipinski definition) is 3. The Balaban J connectivity index is 1.21. The normalized spacial score (nSPS) is 13.6. The number of aromatic nitrogens is 2. The van der Waals surface area contributed by atoms with E-state index in [1.807, 2.05) is 47.7 Å². The van der Waals surface area contributed by atoms with E-state index in [9.17, 15) is 0 Å². The molecule has 0 amide bonds. The van der Waals surface area contributed by atoms with E-state index in [1.165, 1.54) is 52.8 Å². The van der Waals surface area contributed by atoms with Crippen LogP contribution in [0.15, 0.2) is 170 Å². The first-order chi connectivity index (χ1) is 25.1. The van der Waals surface area contributed by atoms with Crippen molar-refractivity contribution in [2.75, 3.05) is 0 Å². The number of benzene rings is 7. The van der Waals surface area contributed by atoms with Gasteiger partial charge in [-0.1, -0.05) is 115 Å². The lowest BCUT2D eigenvalue weighted by Gasteiger charge is -2.26. The highest BCUT2D eigenvalue weighted by Gasteiger charge is 2.25. The number of fused-ring (bicyclic) bond motifs is 9. The van der Waals surface area contributed by atoms with Crippen LogP contribution in [0.4, 0.5) is 0 Å². The van der Waals surface area contributed by atoms with Gasteiger partial charge in [-0.25, -0.2) is 0 Å². The molecular weight excluding hydrogens is 641 g/mol. The molecule has 244 valence electrons.